The minimum absolute atomic E-state index is 0.00408. The van der Waals surface area contributed by atoms with Gasteiger partial charge in [0.2, 0.25) is 0 Å². The monoisotopic (exact) mass is 256 g/mol. The quantitative estimate of drug-likeness (QED) is 0.616. The molecule has 0 saturated carbocycles. The van der Waals surface area contributed by atoms with E-state index in [1.54, 1.807) is 12.1 Å². The highest BCUT2D eigenvalue weighted by Gasteiger charge is 1.98. The number of hydrogen-bond donors (Lipinski definition) is 2. The van der Waals surface area contributed by atoms with Crippen LogP contribution in [-0.2, 0) is 6.61 Å². The van der Waals surface area contributed by atoms with Gasteiger partial charge in [0.25, 0.3) is 0 Å². The van der Waals surface area contributed by atoms with E-state index >= 15 is 0 Å². The fraction of sp³-hybridized carbons (Fsp3) is 0.133. The molecule has 0 spiro atoms. The summed E-state index contributed by atoms with van der Waals surface area (Å²) in [5, 5.41) is 7.08. The van der Waals surface area contributed by atoms with Gasteiger partial charge in [-0.25, -0.2) is 0 Å². The molecular weight excluding hydrogens is 240 g/mol. The number of ether oxygens (including phenoxy) is 2. The SMILES string of the molecule is N=C(N)COc1ccc(OCc2ccccc2)cc1. The van der Waals surface area contributed by atoms with E-state index in [1.807, 2.05) is 42.5 Å². The van der Waals surface area contributed by atoms with Crippen LogP contribution in [0.2, 0.25) is 0 Å². The van der Waals surface area contributed by atoms with Gasteiger partial charge in [-0.15, -0.1) is 0 Å². The number of nitrogens with one attached hydrogen (secondary N) is 1. The zero-order valence-corrected chi connectivity index (χ0v) is 10.5. The molecule has 0 amide bonds. The lowest BCUT2D eigenvalue weighted by atomic mass is 10.2. The molecule has 4 heteroatoms. The van der Waals surface area contributed by atoms with Crippen molar-refractivity contribution in [3.63, 3.8) is 0 Å². The average molecular weight is 256 g/mol. The Morgan fingerprint density at radius 2 is 1.47 bits per heavy atom. The highest BCUT2D eigenvalue weighted by molar-refractivity contribution is 5.78. The first-order valence-corrected chi connectivity index (χ1v) is 5.96. The second kappa shape index (κ2) is 6.44. The Labute approximate surface area is 112 Å². The lowest BCUT2D eigenvalue weighted by Gasteiger charge is -2.08. The summed E-state index contributed by atoms with van der Waals surface area (Å²) in [6, 6.07) is 17.2. The normalized spacial score (nSPS) is 9.89. The molecule has 0 aromatic heterocycles. The summed E-state index contributed by atoms with van der Waals surface area (Å²) in [5.74, 6) is 1.45. The maximum absolute atomic E-state index is 7.08. The first-order valence-electron chi connectivity index (χ1n) is 5.96. The third-order valence-electron chi connectivity index (χ3n) is 2.47. The average Bonchev–Trinajstić information content (AvgIpc) is 2.45. The van der Waals surface area contributed by atoms with Crippen molar-refractivity contribution < 1.29 is 9.47 Å². The Kier molecular flexibility index (Phi) is 4.39. The van der Waals surface area contributed by atoms with Crippen LogP contribution in [0, 0.1) is 5.41 Å². The van der Waals surface area contributed by atoms with E-state index in [2.05, 4.69) is 0 Å². The van der Waals surface area contributed by atoms with Crippen molar-refractivity contribution in [1.29, 1.82) is 5.41 Å². The summed E-state index contributed by atoms with van der Waals surface area (Å²) in [7, 11) is 0. The zero-order chi connectivity index (χ0) is 13.5. The molecule has 0 aliphatic carbocycles. The second-order valence-corrected chi connectivity index (χ2v) is 4.06. The summed E-state index contributed by atoms with van der Waals surface area (Å²) in [5.41, 5.74) is 6.34. The summed E-state index contributed by atoms with van der Waals surface area (Å²) < 4.78 is 10.9. The van der Waals surface area contributed by atoms with E-state index < -0.39 is 0 Å². The van der Waals surface area contributed by atoms with Crippen molar-refractivity contribution in [1.82, 2.24) is 0 Å². The topological polar surface area (TPSA) is 68.3 Å². The van der Waals surface area contributed by atoms with Crippen molar-refractivity contribution >= 4 is 5.84 Å². The van der Waals surface area contributed by atoms with Crippen molar-refractivity contribution in [3.05, 3.63) is 60.2 Å². The molecule has 0 saturated heterocycles. The zero-order valence-electron chi connectivity index (χ0n) is 10.5. The van der Waals surface area contributed by atoms with E-state index in [0.717, 1.165) is 11.3 Å². The van der Waals surface area contributed by atoms with Gasteiger partial charge in [-0.1, -0.05) is 30.3 Å². The fourth-order valence-electron chi connectivity index (χ4n) is 1.53. The van der Waals surface area contributed by atoms with Crippen LogP contribution >= 0.6 is 0 Å². The third kappa shape index (κ3) is 4.35. The van der Waals surface area contributed by atoms with Crippen LogP contribution in [0.4, 0.5) is 0 Å². The van der Waals surface area contributed by atoms with Crippen LogP contribution in [0.25, 0.3) is 0 Å². The number of rotatable bonds is 6. The maximum Gasteiger partial charge on any atom is 0.145 e. The summed E-state index contributed by atoms with van der Waals surface area (Å²) in [4.78, 5) is 0. The van der Waals surface area contributed by atoms with Crippen LogP contribution in [0.15, 0.2) is 54.6 Å². The Morgan fingerprint density at radius 3 is 2.05 bits per heavy atom. The lowest BCUT2D eigenvalue weighted by Crippen LogP contribution is -2.19. The van der Waals surface area contributed by atoms with Gasteiger partial charge in [-0.05, 0) is 29.8 Å². The van der Waals surface area contributed by atoms with Gasteiger partial charge in [0.1, 0.15) is 30.5 Å². The summed E-state index contributed by atoms with van der Waals surface area (Å²) in [6.45, 7) is 0.638. The van der Waals surface area contributed by atoms with E-state index in [4.69, 9.17) is 20.6 Å². The van der Waals surface area contributed by atoms with Crippen LogP contribution in [-0.4, -0.2) is 12.4 Å². The van der Waals surface area contributed by atoms with Crippen LogP contribution in [0.1, 0.15) is 5.56 Å². The smallest absolute Gasteiger partial charge is 0.145 e. The summed E-state index contributed by atoms with van der Waals surface area (Å²) in [6.07, 6.45) is 0. The standard InChI is InChI=1S/C15H16N2O2/c16-15(17)11-19-14-8-6-13(7-9-14)18-10-12-4-2-1-3-5-12/h1-9H,10-11H2,(H3,16,17). The molecule has 98 valence electrons. The first-order chi connectivity index (χ1) is 9.24. The predicted octanol–water partition coefficient (Wildman–Crippen LogP) is 2.58. The molecule has 2 rings (SSSR count). The number of amidine groups is 1. The van der Waals surface area contributed by atoms with Gasteiger partial charge in [0, 0.05) is 0 Å². The van der Waals surface area contributed by atoms with E-state index in [0.29, 0.717) is 12.4 Å². The van der Waals surface area contributed by atoms with E-state index in [1.165, 1.54) is 0 Å². The maximum atomic E-state index is 7.08. The first kappa shape index (κ1) is 13.0. The van der Waals surface area contributed by atoms with Crippen LogP contribution in [0.5, 0.6) is 11.5 Å². The van der Waals surface area contributed by atoms with Crippen molar-refractivity contribution in [2.75, 3.05) is 6.61 Å². The molecule has 0 bridgehead atoms. The number of hydrogen-bond acceptors (Lipinski definition) is 3. The van der Waals surface area contributed by atoms with Gasteiger partial charge in [0.15, 0.2) is 0 Å². The molecule has 0 fully saturated rings. The molecule has 3 N–H and O–H groups in total. The molecule has 0 aliphatic rings. The Morgan fingerprint density at radius 1 is 0.895 bits per heavy atom. The van der Waals surface area contributed by atoms with Crippen LogP contribution in [0.3, 0.4) is 0 Å². The highest BCUT2D eigenvalue weighted by atomic mass is 16.5. The largest absolute Gasteiger partial charge is 0.489 e. The van der Waals surface area contributed by atoms with Crippen molar-refractivity contribution in [2.45, 2.75) is 6.61 Å². The molecule has 0 atom stereocenters. The van der Waals surface area contributed by atoms with Crippen LogP contribution < -0.4 is 15.2 Å². The molecule has 19 heavy (non-hydrogen) atoms. The number of nitrogens with two attached hydrogens (primary N) is 1. The Hall–Kier alpha value is -2.49. The lowest BCUT2D eigenvalue weighted by molar-refractivity contribution is 0.305. The molecular formula is C15H16N2O2. The predicted molar refractivity (Wildman–Crippen MR) is 74.6 cm³/mol. The molecule has 0 heterocycles. The minimum Gasteiger partial charge on any atom is -0.489 e. The Balaban J connectivity index is 1.86. The highest BCUT2D eigenvalue weighted by Crippen LogP contribution is 2.18. The van der Waals surface area contributed by atoms with Gasteiger partial charge < -0.3 is 15.2 Å². The molecule has 0 radical (unpaired) electrons. The fourth-order valence-corrected chi connectivity index (χ4v) is 1.53. The third-order valence-corrected chi connectivity index (χ3v) is 2.47. The van der Waals surface area contributed by atoms with E-state index in [-0.39, 0.29) is 12.4 Å². The van der Waals surface area contributed by atoms with Gasteiger partial charge in [0.05, 0.1) is 0 Å². The minimum atomic E-state index is 0.00408. The second-order valence-electron chi connectivity index (χ2n) is 4.06. The van der Waals surface area contributed by atoms with Crippen molar-refractivity contribution in [2.24, 2.45) is 5.73 Å². The van der Waals surface area contributed by atoms with E-state index in [9.17, 15) is 0 Å². The van der Waals surface area contributed by atoms with Crippen molar-refractivity contribution in [3.8, 4) is 11.5 Å². The molecule has 0 unspecified atom stereocenters. The molecule has 0 aliphatic heterocycles. The van der Waals surface area contributed by atoms with Gasteiger partial charge in [-0.2, -0.15) is 0 Å². The number of benzene rings is 2. The molecule has 4 nitrogen and oxygen atoms in total. The molecule has 2 aromatic carbocycles. The van der Waals surface area contributed by atoms with Gasteiger partial charge >= 0.3 is 0 Å². The van der Waals surface area contributed by atoms with Gasteiger partial charge in [-0.3, -0.25) is 5.41 Å². The Bertz CT molecular complexity index is 524. The molecule has 2 aromatic rings. The summed E-state index contributed by atoms with van der Waals surface area (Å²) >= 11 is 0.